The molecule has 0 heterocycles. The fraction of sp³-hybridized carbons (Fsp3) is 0.600. The van der Waals surface area contributed by atoms with E-state index in [2.05, 4.69) is 32.2 Å². The van der Waals surface area contributed by atoms with Crippen molar-refractivity contribution in [2.75, 3.05) is 12.8 Å². The summed E-state index contributed by atoms with van der Waals surface area (Å²) >= 11 is 0. The Morgan fingerprint density at radius 1 is 1.44 bits per heavy atom. The van der Waals surface area contributed by atoms with Gasteiger partial charge in [-0.3, -0.25) is 0 Å². The first-order valence-corrected chi connectivity index (χ1v) is 6.57. The SMILES string of the molecule is COC1CC(NCc2cccc(N)c2C)C1(C)C. The van der Waals surface area contributed by atoms with E-state index in [1.54, 1.807) is 7.11 Å². The molecule has 1 aromatic carbocycles. The molecule has 0 radical (unpaired) electrons. The van der Waals surface area contributed by atoms with Gasteiger partial charge in [0.15, 0.2) is 0 Å². The zero-order chi connectivity index (χ0) is 13.3. The van der Waals surface area contributed by atoms with Crippen LogP contribution in [0.15, 0.2) is 18.2 Å². The molecule has 0 aromatic heterocycles. The molecule has 1 fully saturated rings. The predicted molar refractivity (Wildman–Crippen MR) is 75.4 cm³/mol. The van der Waals surface area contributed by atoms with E-state index in [0.29, 0.717) is 12.1 Å². The van der Waals surface area contributed by atoms with Crippen LogP contribution >= 0.6 is 0 Å². The lowest BCUT2D eigenvalue weighted by molar-refractivity contribution is -0.0979. The van der Waals surface area contributed by atoms with Crippen LogP contribution in [0.1, 0.15) is 31.4 Å². The van der Waals surface area contributed by atoms with E-state index in [-0.39, 0.29) is 5.41 Å². The van der Waals surface area contributed by atoms with Crippen molar-refractivity contribution < 1.29 is 4.74 Å². The number of rotatable bonds is 4. The first kappa shape index (κ1) is 13.4. The maximum absolute atomic E-state index is 5.92. The molecule has 0 aliphatic heterocycles. The van der Waals surface area contributed by atoms with Crippen LogP contribution in [0.5, 0.6) is 0 Å². The summed E-state index contributed by atoms with van der Waals surface area (Å²) in [5.74, 6) is 0. The fourth-order valence-corrected chi connectivity index (χ4v) is 2.76. The third kappa shape index (κ3) is 2.25. The second-order valence-electron chi connectivity index (χ2n) is 5.85. The minimum Gasteiger partial charge on any atom is -0.399 e. The Kier molecular flexibility index (Phi) is 3.64. The molecular formula is C15H24N2O. The van der Waals surface area contributed by atoms with E-state index in [1.165, 1.54) is 11.1 Å². The van der Waals surface area contributed by atoms with Crippen LogP contribution < -0.4 is 11.1 Å². The highest BCUT2D eigenvalue weighted by molar-refractivity contribution is 5.49. The molecule has 0 spiro atoms. The summed E-state index contributed by atoms with van der Waals surface area (Å²) in [5.41, 5.74) is 9.48. The van der Waals surface area contributed by atoms with Crippen molar-refractivity contribution in [2.45, 2.75) is 45.9 Å². The van der Waals surface area contributed by atoms with E-state index in [0.717, 1.165) is 18.7 Å². The molecule has 3 nitrogen and oxygen atoms in total. The molecule has 2 atom stereocenters. The van der Waals surface area contributed by atoms with Crippen molar-refractivity contribution >= 4 is 5.69 Å². The second kappa shape index (κ2) is 4.90. The second-order valence-corrected chi connectivity index (χ2v) is 5.85. The summed E-state index contributed by atoms with van der Waals surface area (Å²) in [6, 6.07) is 6.62. The zero-order valence-electron chi connectivity index (χ0n) is 11.8. The van der Waals surface area contributed by atoms with Gasteiger partial charge in [-0.25, -0.2) is 0 Å². The van der Waals surface area contributed by atoms with Gasteiger partial charge in [0.05, 0.1) is 6.10 Å². The van der Waals surface area contributed by atoms with Gasteiger partial charge in [0.1, 0.15) is 0 Å². The molecule has 2 unspecified atom stereocenters. The Labute approximate surface area is 110 Å². The molecule has 1 saturated carbocycles. The third-order valence-corrected chi connectivity index (χ3v) is 4.49. The number of hydrogen-bond donors (Lipinski definition) is 2. The van der Waals surface area contributed by atoms with Gasteiger partial charge < -0.3 is 15.8 Å². The number of nitrogens with one attached hydrogen (secondary N) is 1. The molecular weight excluding hydrogens is 224 g/mol. The zero-order valence-corrected chi connectivity index (χ0v) is 11.8. The molecule has 2 rings (SSSR count). The molecule has 3 heteroatoms. The van der Waals surface area contributed by atoms with Gasteiger partial charge in [-0.1, -0.05) is 26.0 Å². The number of ether oxygens (including phenoxy) is 1. The highest BCUT2D eigenvalue weighted by Gasteiger charge is 2.48. The van der Waals surface area contributed by atoms with Crippen LogP contribution in [0, 0.1) is 12.3 Å². The number of anilines is 1. The van der Waals surface area contributed by atoms with E-state index < -0.39 is 0 Å². The number of methoxy groups -OCH3 is 1. The largest absolute Gasteiger partial charge is 0.399 e. The van der Waals surface area contributed by atoms with Gasteiger partial charge in [0.25, 0.3) is 0 Å². The Bertz CT molecular complexity index is 429. The average molecular weight is 248 g/mol. The molecule has 0 saturated heterocycles. The van der Waals surface area contributed by atoms with Gasteiger partial charge in [-0.15, -0.1) is 0 Å². The maximum atomic E-state index is 5.92. The first-order chi connectivity index (χ1) is 8.46. The Morgan fingerprint density at radius 3 is 2.78 bits per heavy atom. The molecule has 1 aliphatic carbocycles. The van der Waals surface area contributed by atoms with Crippen LogP contribution in [0.3, 0.4) is 0 Å². The van der Waals surface area contributed by atoms with Gasteiger partial charge in [-0.2, -0.15) is 0 Å². The summed E-state index contributed by atoms with van der Waals surface area (Å²) in [6.07, 6.45) is 1.46. The lowest BCUT2D eigenvalue weighted by Gasteiger charge is -2.51. The fourth-order valence-electron chi connectivity index (χ4n) is 2.76. The summed E-state index contributed by atoms with van der Waals surface area (Å²) in [6.45, 7) is 7.47. The number of nitrogen functional groups attached to an aromatic ring is 1. The monoisotopic (exact) mass is 248 g/mol. The van der Waals surface area contributed by atoms with Crippen LogP contribution in [-0.2, 0) is 11.3 Å². The molecule has 18 heavy (non-hydrogen) atoms. The Hall–Kier alpha value is -1.06. The normalized spacial score (nSPS) is 25.8. The summed E-state index contributed by atoms with van der Waals surface area (Å²) in [7, 11) is 1.80. The highest BCUT2D eigenvalue weighted by atomic mass is 16.5. The Morgan fingerprint density at radius 2 is 2.17 bits per heavy atom. The van der Waals surface area contributed by atoms with Crippen LogP contribution in [0.2, 0.25) is 0 Å². The first-order valence-electron chi connectivity index (χ1n) is 6.57. The van der Waals surface area contributed by atoms with Crippen molar-refractivity contribution in [1.29, 1.82) is 0 Å². The molecule has 100 valence electrons. The van der Waals surface area contributed by atoms with Gasteiger partial charge in [0, 0.05) is 30.8 Å². The lowest BCUT2D eigenvalue weighted by atomic mass is 9.64. The number of nitrogens with two attached hydrogens (primary N) is 1. The van der Waals surface area contributed by atoms with Crippen molar-refractivity contribution in [3.63, 3.8) is 0 Å². The van der Waals surface area contributed by atoms with E-state index in [4.69, 9.17) is 10.5 Å². The van der Waals surface area contributed by atoms with Crippen molar-refractivity contribution in [2.24, 2.45) is 5.41 Å². The van der Waals surface area contributed by atoms with Gasteiger partial charge in [-0.05, 0) is 30.5 Å². The van der Waals surface area contributed by atoms with Crippen molar-refractivity contribution in [3.8, 4) is 0 Å². The predicted octanol–water partition coefficient (Wildman–Crippen LogP) is 2.48. The molecule has 0 bridgehead atoms. The third-order valence-electron chi connectivity index (χ3n) is 4.49. The summed E-state index contributed by atoms with van der Waals surface area (Å²) < 4.78 is 5.47. The topological polar surface area (TPSA) is 47.3 Å². The highest BCUT2D eigenvalue weighted by Crippen LogP contribution is 2.42. The molecule has 1 aromatic rings. The molecule has 1 aliphatic rings. The van der Waals surface area contributed by atoms with Gasteiger partial charge >= 0.3 is 0 Å². The van der Waals surface area contributed by atoms with Crippen LogP contribution in [-0.4, -0.2) is 19.3 Å². The summed E-state index contributed by atoms with van der Waals surface area (Å²) in [4.78, 5) is 0. The number of hydrogen-bond acceptors (Lipinski definition) is 3. The maximum Gasteiger partial charge on any atom is 0.0652 e. The lowest BCUT2D eigenvalue weighted by Crippen LogP contribution is -2.60. The van der Waals surface area contributed by atoms with Crippen molar-refractivity contribution in [3.05, 3.63) is 29.3 Å². The number of benzene rings is 1. The standard InChI is InChI=1S/C15H24N2O/c1-10-11(6-5-7-12(10)16)9-17-13-8-14(18-4)15(13,2)3/h5-7,13-14,17H,8-9,16H2,1-4H3. The summed E-state index contributed by atoms with van der Waals surface area (Å²) in [5, 5.41) is 3.62. The van der Waals surface area contributed by atoms with Crippen molar-refractivity contribution in [1.82, 2.24) is 5.32 Å². The average Bonchev–Trinajstić information content (AvgIpc) is 2.33. The molecule has 3 N–H and O–H groups in total. The van der Waals surface area contributed by atoms with E-state index >= 15 is 0 Å². The van der Waals surface area contributed by atoms with E-state index in [1.807, 2.05) is 12.1 Å². The smallest absolute Gasteiger partial charge is 0.0652 e. The minimum atomic E-state index is 0.211. The Balaban J connectivity index is 1.95. The van der Waals surface area contributed by atoms with Crippen LogP contribution in [0.25, 0.3) is 0 Å². The minimum absolute atomic E-state index is 0.211. The quantitative estimate of drug-likeness (QED) is 0.805. The van der Waals surface area contributed by atoms with Crippen LogP contribution in [0.4, 0.5) is 5.69 Å². The van der Waals surface area contributed by atoms with Gasteiger partial charge in [0.2, 0.25) is 0 Å². The molecule has 0 amide bonds. The van der Waals surface area contributed by atoms with E-state index in [9.17, 15) is 0 Å².